The van der Waals surface area contributed by atoms with Crippen LogP contribution in [-0.2, 0) is 26.3 Å². The maximum atomic E-state index is 12.7. The first-order valence-corrected chi connectivity index (χ1v) is 10.2. The number of nitrogens with one attached hydrogen (secondary N) is 2. The summed E-state index contributed by atoms with van der Waals surface area (Å²) >= 11 is 12.8. The first kappa shape index (κ1) is 22.2. The van der Waals surface area contributed by atoms with Gasteiger partial charge in [0, 0.05) is 41.0 Å². The minimum atomic E-state index is -0.923. The van der Waals surface area contributed by atoms with Crippen molar-refractivity contribution in [2.24, 2.45) is 0 Å². The molecule has 1 saturated heterocycles. The fraction of sp³-hybridized carbons (Fsp3) is 0.381. The second-order valence-electron chi connectivity index (χ2n) is 7.87. The molecular weight excluding hydrogens is 427 g/mol. The Morgan fingerprint density at radius 3 is 2.37 bits per heavy atom. The maximum Gasteiger partial charge on any atom is 0.234 e. The first-order chi connectivity index (χ1) is 14.1. The minimum absolute atomic E-state index is 0.198. The zero-order valence-electron chi connectivity index (χ0n) is 16.9. The number of aromatic nitrogens is 2. The van der Waals surface area contributed by atoms with E-state index in [0.29, 0.717) is 33.4 Å². The zero-order chi connectivity index (χ0) is 22.1. The van der Waals surface area contributed by atoms with E-state index < -0.39 is 17.2 Å². The first-order valence-electron chi connectivity index (χ1n) is 9.48. The third-order valence-electron chi connectivity index (χ3n) is 5.09. The van der Waals surface area contributed by atoms with Gasteiger partial charge in [0.2, 0.25) is 17.7 Å². The van der Waals surface area contributed by atoms with Gasteiger partial charge < -0.3 is 5.32 Å². The van der Waals surface area contributed by atoms with Gasteiger partial charge >= 0.3 is 0 Å². The van der Waals surface area contributed by atoms with Crippen LogP contribution in [-0.4, -0.2) is 27.7 Å². The van der Waals surface area contributed by atoms with E-state index in [0.717, 1.165) is 5.56 Å². The summed E-state index contributed by atoms with van der Waals surface area (Å²) in [5.41, 5.74) is 1.17. The maximum absolute atomic E-state index is 12.7. The quantitative estimate of drug-likeness (QED) is 0.683. The van der Waals surface area contributed by atoms with Gasteiger partial charge in [-0.3, -0.25) is 19.7 Å². The number of imide groups is 1. The molecule has 2 heterocycles. The molecule has 3 amide bonds. The lowest BCUT2D eigenvalue weighted by molar-refractivity contribution is -0.134. The molecule has 1 aliphatic rings. The molecule has 1 fully saturated rings. The molecule has 7 nitrogen and oxygen atoms in total. The molecule has 2 aromatic rings. The molecule has 0 spiro atoms. The Hall–Kier alpha value is -2.51. The lowest BCUT2D eigenvalue weighted by atomic mass is 9.89. The Morgan fingerprint density at radius 2 is 1.80 bits per heavy atom. The number of hydrogen-bond donors (Lipinski definition) is 2. The van der Waals surface area contributed by atoms with E-state index in [-0.39, 0.29) is 24.8 Å². The summed E-state index contributed by atoms with van der Waals surface area (Å²) in [6.45, 7) is 5.57. The molecule has 9 heteroatoms. The van der Waals surface area contributed by atoms with Crippen molar-refractivity contribution >= 4 is 40.9 Å². The van der Waals surface area contributed by atoms with Crippen molar-refractivity contribution in [1.29, 1.82) is 0 Å². The van der Waals surface area contributed by atoms with Crippen LogP contribution in [0.5, 0.6) is 0 Å². The molecule has 0 radical (unpaired) electrons. The van der Waals surface area contributed by atoms with Gasteiger partial charge in [0.15, 0.2) is 0 Å². The predicted octanol–water partition coefficient (Wildman–Crippen LogP) is 3.21. The van der Waals surface area contributed by atoms with Crippen molar-refractivity contribution in [3.63, 3.8) is 0 Å². The number of hydrogen-bond acceptors (Lipinski definition) is 5. The summed E-state index contributed by atoms with van der Waals surface area (Å²) in [5, 5.41) is 5.81. The van der Waals surface area contributed by atoms with Gasteiger partial charge in [-0.25, -0.2) is 9.97 Å². The average molecular weight is 449 g/mol. The largest absolute Gasteiger partial charge is 0.351 e. The SMILES string of the molecule is Cc1cnc(C(C)(C)C(=O)NCc2cc(Cl)c(C3CCC(=O)NC3=O)c(Cl)c2)nc1. The predicted molar refractivity (Wildman–Crippen MR) is 113 cm³/mol. The van der Waals surface area contributed by atoms with Crippen LogP contribution in [0.2, 0.25) is 10.0 Å². The summed E-state index contributed by atoms with van der Waals surface area (Å²) in [5.74, 6) is -1.11. The van der Waals surface area contributed by atoms with Gasteiger partial charge in [0.05, 0.1) is 5.92 Å². The molecule has 158 valence electrons. The second kappa shape index (κ2) is 8.70. The van der Waals surface area contributed by atoms with Crippen molar-refractivity contribution in [2.75, 3.05) is 0 Å². The van der Waals surface area contributed by atoms with Crippen LogP contribution in [0.1, 0.15) is 55.1 Å². The van der Waals surface area contributed by atoms with Crippen LogP contribution in [0.15, 0.2) is 24.5 Å². The zero-order valence-corrected chi connectivity index (χ0v) is 18.4. The van der Waals surface area contributed by atoms with E-state index in [4.69, 9.17) is 23.2 Å². The average Bonchev–Trinajstić information content (AvgIpc) is 2.67. The number of halogens is 2. The monoisotopic (exact) mass is 448 g/mol. The minimum Gasteiger partial charge on any atom is -0.351 e. The van der Waals surface area contributed by atoms with Crippen LogP contribution < -0.4 is 10.6 Å². The van der Waals surface area contributed by atoms with Crippen molar-refractivity contribution in [3.05, 3.63) is 57.1 Å². The molecule has 0 bridgehead atoms. The van der Waals surface area contributed by atoms with Crippen LogP contribution in [0.3, 0.4) is 0 Å². The lowest BCUT2D eigenvalue weighted by Crippen LogP contribution is -2.41. The molecule has 30 heavy (non-hydrogen) atoms. The third-order valence-corrected chi connectivity index (χ3v) is 5.71. The van der Waals surface area contributed by atoms with Gasteiger partial charge in [-0.2, -0.15) is 0 Å². The fourth-order valence-electron chi connectivity index (χ4n) is 3.26. The Morgan fingerprint density at radius 1 is 1.20 bits per heavy atom. The molecule has 1 aromatic heterocycles. The van der Waals surface area contributed by atoms with E-state index in [9.17, 15) is 14.4 Å². The molecule has 2 N–H and O–H groups in total. The number of benzene rings is 1. The van der Waals surface area contributed by atoms with E-state index in [1.54, 1.807) is 38.4 Å². The molecule has 0 saturated carbocycles. The van der Waals surface area contributed by atoms with Crippen LogP contribution in [0.25, 0.3) is 0 Å². The fourth-order valence-corrected chi connectivity index (χ4v) is 4.06. The van der Waals surface area contributed by atoms with Crippen LogP contribution in [0.4, 0.5) is 0 Å². The van der Waals surface area contributed by atoms with E-state index >= 15 is 0 Å². The normalized spacial score (nSPS) is 16.9. The highest BCUT2D eigenvalue weighted by atomic mass is 35.5. The van der Waals surface area contributed by atoms with Crippen molar-refractivity contribution in [3.8, 4) is 0 Å². The third kappa shape index (κ3) is 4.63. The summed E-state index contributed by atoms with van der Waals surface area (Å²) < 4.78 is 0. The van der Waals surface area contributed by atoms with Crippen LogP contribution >= 0.6 is 23.2 Å². The standard InChI is InChI=1S/C21H22Cl2N4O3/c1-11-8-24-19(25-9-11)21(2,3)20(30)26-10-12-6-14(22)17(15(23)7-12)13-4-5-16(28)27-18(13)29/h6-9,13H,4-5,10H2,1-3H3,(H,26,30)(H,27,28,29). The van der Waals surface area contributed by atoms with Crippen molar-refractivity contribution in [1.82, 2.24) is 20.6 Å². The Bertz CT molecular complexity index is 983. The summed E-state index contributed by atoms with van der Waals surface area (Å²) in [7, 11) is 0. The highest BCUT2D eigenvalue weighted by Gasteiger charge is 2.33. The van der Waals surface area contributed by atoms with E-state index in [2.05, 4.69) is 20.6 Å². The lowest BCUT2D eigenvalue weighted by Gasteiger charge is -2.24. The second-order valence-corrected chi connectivity index (χ2v) is 8.68. The van der Waals surface area contributed by atoms with Gasteiger partial charge in [0.25, 0.3) is 0 Å². The number of carbonyl (C=O) groups excluding carboxylic acids is 3. The molecule has 1 unspecified atom stereocenters. The summed E-state index contributed by atoms with van der Waals surface area (Å²) in [4.78, 5) is 44.8. The number of piperidine rings is 1. The van der Waals surface area contributed by atoms with Gasteiger partial charge in [-0.1, -0.05) is 23.2 Å². The molecule has 1 aromatic carbocycles. The molecular formula is C21H22Cl2N4O3. The summed E-state index contributed by atoms with van der Waals surface area (Å²) in [6.07, 6.45) is 3.93. The molecule has 1 aliphatic heterocycles. The number of aryl methyl sites for hydroxylation is 1. The number of nitrogens with zero attached hydrogens (tertiary/aromatic N) is 2. The Kier molecular flexibility index (Phi) is 6.43. The van der Waals surface area contributed by atoms with E-state index in [1.165, 1.54) is 0 Å². The van der Waals surface area contributed by atoms with Crippen molar-refractivity contribution in [2.45, 2.75) is 51.5 Å². The number of rotatable bonds is 5. The van der Waals surface area contributed by atoms with Gasteiger partial charge in [-0.05, 0) is 50.5 Å². The van der Waals surface area contributed by atoms with Gasteiger partial charge in [-0.15, -0.1) is 0 Å². The van der Waals surface area contributed by atoms with Crippen molar-refractivity contribution < 1.29 is 14.4 Å². The summed E-state index contributed by atoms with van der Waals surface area (Å²) in [6, 6.07) is 3.34. The molecule has 0 aliphatic carbocycles. The number of amides is 3. The highest BCUT2D eigenvalue weighted by molar-refractivity contribution is 6.36. The number of carbonyl (C=O) groups is 3. The molecule has 1 atom stereocenters. The Balaban J connectivity index is 1.73. The van der Waals surface area contributed by atoms with E-state index in [1.807, 2.05) is 6.92 Å². The highest BCUT2D eigenvalue weighted by Crippen LogP contribution is 2.37. The van der Waals surface area contributed by atoms with Gasteiger partial charge in [0.1, 0.15) is 11.2 Å². The Labute approximate surface area is 184 Å². The molecule has 3 rings (SSSR count). The van der Waals surface area contributed by atoms with Crippen LogP contribution in [0, 0.1) is 6.92 Å². The topological polar surface area (TPSA) is 101 Å². The smallest absolute Gasteiger partial charge is 0.234 e.